The van der Waals surface area contributed by atoms with Crippen LogP contribution in [0.15, 0.2) is 6.07 Å². The number of carbonyl (C=O) groups is 1. The summed E-state index contributed by atoms with van der Waals surface area (Å²) in [6.07, 6.45) is 1.26. The van der Waals surface area contributed by atoms with E-state index in [1.807, 2.05) is 6.92 Å². The summed E-state index contributed by atoms with van der Waals surface area (Å²) in [7, 11) is 0. The molecular formula is C9H12ClN3O. The number of aryl methyl sites for hydroxylation is 1. The molecule has 1 rings (SSSR count). The number of anilines is 1. The van der Waals surface area contributed by atoms with Crippen LogP contribution in [-0.4, -0.2) is 15.9 Å². The van der Waals surface area contributed by atoms with Crippen LogP contribution in [0.3, 0.4) is 0 Å². The van der Waals surface area contributed by atoms with E-state index in [1.165, 1.54) is 0 Å². The van der Waals surface area contributed by atoms with Crippen molar-refractivity contribution in [2.24, 2.45) is 0 Å². The fourth-order valence-electron chi connectivity index (χ4n) is 1.00. The van der Waals surface area contributed by atoms with Crippen molar-refractivity contribution in [1.29, 1.82) is 0 Å². The molecule has 14 heavy (non-hydrogen) atoms. The number of hydrogen-bond acceptors (Lipinski definition) is 3. The molecule has 76 valence electrons. The third-order valence-corrected chi connectivity index (χ3v) is 1.74. The third-order valence-electron chi connectivity index (χ3n) is 1.55. The van der Waals surface area contributed by atoms with Crippen LogP contribution in [-0.2, 0) is 4.79 Å². The molecule has 0 aliphatic carbocycles. The Labute approximate surface area is 87.7 Å². The lowest BCUT2D eigenvalue weighted by atomic mass is 10.3. The van der Waals surface area contributed by atoms with Crippen LogP contribution in [0.2, 0.25) is 5.15 Å². The van der Waals surface area contributed by atoms with Gasteiger partial charge in [0.1, 0.15) is 5.15 Å². The second kappa shape index (κ2) is 4.91. The minimum absolute atomic E-state index is 0.0887. The van der Waals surface area contributed by atoms with Gasteiger partial charge in [-0.1, -0.05) is 18.5 Å². The van der Waals surface area contributed by atoms with Gasteiger partial charge in [0.05, 0.1) is 0 Å². The Morgan fingerprint density at radius 3 is 2.86 bits per heavy atom. The number of hydrogen-bond donors (Lipinski definition) is 1. The lowest BCUT2D eigenvalue weighted by Crippen LogP contribution is -2.13. The molecule has 0 aliphatic heterocycles. The number of rotatable bonds is 3. The molecule has 0 bridgehead atoms. The van der Waals surface area contributed by atoms with Gasteiger partial charge in [0, 0.05) is 12.1 Å². The van der Waals surface area contributed by atoms with E-state index in [1.54, 1.807) is 13.0 Å². The molecule has 0 saturated carbocycles. The van der Waals surface area contributed by atoms with E-state index in [0.29, 0.717) is 11.6 Å². The number of carbonyl (C=O) groups excluding carboxylic acids is 1. The van der Waals surface area contributed by atoms with Gasteiger partial charge in [0.15, 0.2) is 0 Å². The molecule has 0 aromatic carbocycles. The standard InChI is InChI=1S/C9H12ClN3O/c1-3-4-8(14)13-9-11-6(2)5-7(10)12-9/h5H,3-4H2,1-2H3,(H,11,12,13,14). The first-order valence-electron chi connectivity index (χ1n) is 4.43. The van der Waals surface area contributed by atoms with Gasteiger partial charge in [-0.3, -0.25) is 10.1 Å². The first-order chi connectivity index (χ1) is 6.61. The molecule has 1 aromatic rings. The molecule has 1 amide bonds. The highest BCUT2D eigenvalue weighted by atomic mass is 35.5. The number of aromatic nitrogens is 2. The van der Waals surface area contributed by atoms with Gasteiger partial charge >= 0.3 is 0 Å². The first kappa shape index (κ1) is 10.9. The summed E-state index contributed by atoms with van der Waals surface area (Å²) in [5.41, 5.74) is 0.733. The summed E-state index contributed by atoms with van der Waals surface area (Å²) >= 11 is 5.71. The van der Waals surface area contributed by atoms with Crippen molar-refractivity contribution in [3.63, 3.8) is 0 Å². The fourth-order valence-corrected chi connectivity index (χ4v) is 1.24. The lowest BCUT2D eigenvalue weighted by molar-refractivity contribution is -0.116. The Balaban J connectivity index is 2.71. The molecular weight excluding hydrogens is 202 g/mol. The van der Waals surface area contributed by atoms with E-state index < -0.39 is 0 Å². The van der Waals surface area contributed by atoms with Crippen molar-refractivity contribution in [1.82, 2.24) is 9.97 Å². The molecule has 0 aliphatic rings. The van der Waals surface area contributed by atoms with Gasteiger partial charge in [-0.15, -0.1) is 0 Å². The van der Waals surface area contributed by atoms with E-state index in [2.05, 4.69) is 15.3 Å². The molecule has 0 saturated heterocycles. The minimum Gasteiger partial charge on any atom is -0.294 e. The molecule has 0 radical (unpaired) electrons. The molecule has 0 spiro atoms. The zero-order chi connectivity index (χ0) is 10.6. The predicted octanol–water partition coefficient (Wildman–Crippen LogP) is 2.18. The average molecular weight is 214 g/mol. The monoisotopic (exact) mass is 213 g/mol. The number of halogens is 1. The van der Waals surface area contributed by atoms with Gasteiger partial charge in [0.25, 0.3) is 0 Å². The van der Waals surface area contributed by atoms with E-state index in [-0.39, 0.29) is 11.9 Å². The van der Waals surface area contributed by atoms with Crippen LogP contribution in [0.25, 0.3) is 0 Å². The van der Waals surface area contributed by atoms with Crippen molar-refractivity contribution >= 4 is 23.5 Å². The van der Waals surface area contributed by atoms with E-state index in [9.17, 15) is 4.79 Å². The zero-order valence-electron chi connectivity index (χ0n) is 8.17. The highest BCUT2D eigenvalue weighted by Crippen LogP contribution is 2.09. The summed E-state index contributed by atoms with van der Waals surface area (Å²) < 4.78 is 0. The van der Waals surface area contributed by atoms with Crippen LogP contribution in [0.1, 0.15) is 25.5 Å². The fraction of sp³-hybridized carbons (Fsp3) is 0.444. The Morgan fingerprint density at radius 1 is 1.57 bits per heavy atom. The summed E-state index contributed by atoms with van der Waals surface area (Å²) in [6.45, 7) is 3.73. The quantitative estimate of drug-likeness (QED) is 0.783. The number of amides is 1. The third kappa shape index (κ3) is 3.30. The van der Waals surface area contributed by atoms with Crippen molar-refractivity contribution in [2.45, 2.75) is 26.7 Å². The topological polar surface area (TPSA) is 54.9 Å². The maximum absolute atomic E-state index is 11.2. The Kier molecular flexibility index (Phi) is 3.83. The van der Waals surface area contributed by atoms with Crippen LogP contribution in [0.5, 0.6) is 0 Å². The molecule has 5 heteroatoms. The molecule has 0 atom stereocenters. The summed E-state index contributed by atoms with van der Waals surface area (Å²) in [5, 5.41) is 2.92. The SMILES string of the molecule is CCCC(=O)Nc1nc(C)cc(Cl)n1. The van der Waals surface area contributed by atoms with Gasteiger partial charge in [-0.25, -0.2) is 9.97 Å². The van der Waals surface area contributed by atoms with Gasteiger partial charge in [0.2, 0.25) is 11.9 Å². The van der Waals surface area contributed by atoms with Gasteiger partial charge in [-0.2, -0.15) is 0 Å². The highest BCUT2D eigenvalue weighted by Gasteiger charge is 2.04. The van der Waals surface area contributed by atoms with Crippen molar-refractivity contribution in [2.75, 3.05) is 5.32 Å². The molecule has 0 fully saturated rings. The predicted molar refractivity (Wildman–Crippen MR) is 55.3 cm³/mol. The minimum atomic E-state index is -0.0887. The zero-order valence-corrected chi connectivity index (χ0v) is 8.93. The number of nitrogens with one attached hydrogen (secondary N) is 1. The smallest absolute Gasteiger partial charge is 0.231 e. The van der Waals surface area contributed by atoms with Crippen LogP contribution < -0.4 is 5.32 Å². The summed E-state index contributed by atoms with van der Waals surface area (Å²) in [4.78, 5) is 19.1. The Morgan fingerprint density at radius 2 is 2.29 bits per heavy atom. The summed E-state index contributed by atoms with van der Waals surface area (Å²) in [6, 6.07) is 1.64. The van der Waals surface area contributed by atoms with Crippen LogP contribution >= 0.6 is 11.6 Å². The maximum atomic E-state index is 11.2. The first-order valence-corrected chi connectivity index (χ1v) is 4.80. The molecule has 1 aromatic heterocycles. The molecule has 0 unspecified atom stereocenters. The second-order valence-corrected chi connectivity index (χ2v) is 3.34. The van der Waals surface area contributed by atoms with E-state index >= 15 is 0 Å². The average Bonchev–Trinajstić information content (AvgIpc) is 2.01. The number of nitrogens with zero attached hydrogens (tertiary/aromatic N) is 2. The summed E-state index contributed by atoms with van der Waals surface area (Å²) in [5.74, 6) is 0.183. The Bertz CT molecular complexity index is 321. The normalized spacial score (nSPS) is 9.93. The lowest BCUT2D eigenvalue weighted by Gasteiger charge is -2.03. The van der Waals surface area contributed by atoms with Crippen molar-refractivity contribution in [3.8, 4) is 0 Å². The van der Waals surface area contributed by atoms with Crippen LogP contribution in [0, 0.1) is 6.92 Å². The maximum Gasteiger partial charge on any atom is 0.231 e. The highest BCUT2D eigenvalue weighted by molar-refractivity contribution is 6.29. The van der Waals surface area contributed by atoms with Gasteiger partial charge in [-0.05, 0) is 19.4 Å². The largest absolute Gasteiger partial charge is 0.294 e. The van der Waals surface area contributed by atoms with E-state index in [0.717, 1.165) is 12.1 Å². The van der Waals surface area contributed by atoms with Crippen LogP contribution in [0.4, 0.5) is 5.95 Å². The Hall–Kier alpha value is -1.16. The van der Waals surface area contributed by atoms with E-state index in [4.69, 9.17) is 11.6 Å². The molecule has 1 heterocycles. The second-order valence-electron chi connectivity index (χ2n) is 2.95. The van der Waals surface area contributed by atoms with Gasteiger partial charge < -0.3 is 0 Å². The molecule has 1 N–H and O–H groups in total. The van der Waals surface area contributed by atoms with Crippen molar-refractivity contribution in [3.05, 3.63) is 16.9 Å². The molecule has 4 nitrogen and oxygen atoms in total. The van der Waals surface area contributed by atoms with Crippen molar-refractivity contribution < 1.29 is 4.79 Å².